The second-order valence-electron chi connectivity index (χ2n) is 7.57. The number of hydrogen-bond donors (Lipinski definition) is 3. The van der Waals surface area contributed by atoms with E-state index in [4.69, 9.17) is 4.74 Å². The van der Waals surface area contributed by atoms with Gasteiger partial charge in [-0.3, -0.25) is 10.2 Å². The largest absolute Gasteiger partial charge is 0.573 e. The maximum atomic E-state index is 12.9. The quantitative estimate of drug-likeness (QED) is 0.526. The molecule has 1 fully saturated rings. The molecule has 2 unspecified atom stereocenters. The molecule has 3 N–H and O–H groups in total. The molecule has 3 aromatic rings. The van der Waals surface area contributed by atoms with Gasteiger partial charge in [0.25, 0.3) is 5.91 Å². The summed E-state index contributed by atoms with van der Waals surface area (Å²) in [6.45, 7) is 0. The fraction of sp³-hybridized carbons (Fsp3) is 0.125. The molecule has 1 saturated heterocycles. The molecule has 0 saturated carbocycles. The first-order chi connectivity index (χ1) is 16.9. The SMILES string of the molecule is O=C1Nc2ccccc2C(c2ccccc2)=NC1N=C1NNC(c2ccc(OC(F)(F)F)cc2)O1. The van der Waals surface area contributed by atoms with Crippen LogP contribution in [0.1, 0.15) is 22.9 Å². The molecule has 1 amide bonds. The zero-order chi connectivity index (χ0) is 24.4. The second-order valence-corrected chi connectivity index (χ2v) is 7.57. The number of ether oxygens (including phenoxy) is 2. The Bertz CT molecular complexity index is 1290. The lowest BCUT2D eigenvalue weighted by molar-refractivity contribution is -0.274. The van der Waals surface area contributed by atoms with E-state index in [0.717, 1.165) is 11.1 Å². The lowest BCUT2D eigenvalue weighted by atomic mass is 10.0. The Labute approximate surface area is 197 Å². The highest BCUT2D eigenvalue weighted by atomic mass is 19.4. The van der Waals surface area contributed by atoms with Crippen LogP contribution in [0.15, 0.2) is 88.8 Å². The number of fused-ring (bicyclic) bond motifs is 1. The number of anilines is 1. The fourth-order valence-electron chi connectivity index (χ4n) is 3.63. The average molecular weight is 481 g/mol. The van der Waals surface area contributed by atoms with Crippen molar-refractivity contribution in [2.45, 2.75) is 18.8 Å². The van der Waals surface area contributed by atoms with Crippen molar-refractivity contribution in [1.82, 2.24) is 10.9 Å². The van der Waals surface area contributed by atoms with Crippen molar-refractivity contribution in [2.75, 3.05) is 5.32 Å². The lowest BCUT2D eigenvalue weighted by Gasteiger charge is -2.12. The molecule has 0 spiro atoms. The highest BCUT2D eigenvalue weighted by molar-refractivity contribution is 6.19. The number of amides is 1. The van der Waals surface area contributed by atoms with E-state index in [0.29, 0.717) is 17.0 Å². The molecule has 2 aliphatic heterocycles. The Morgan fingerprint density at radius 3 is 2.40 bits per heavy atom. The molecule has 5 rings (SSSR count). The molecular formula is C24H18F3N5O3. The van der Waals surface area contributed by atoms with E-state index in [-0.39, 0.29) is 11.8 Å². The fourth-order valence-corrected chi connectivity index (χ4v) is 3.63. The van der Waals surface area contributed by atoms with E-state index in [2.05, 4.69) is 30.9 Å². The molecule has 178 valence electrons. The van der Waals surface area contributed by atoms with Crippen LogP contribution < -0.4 is 20.9 Å². The Morgan fingerprint density at radius 1 is 0.943 bits per heavy atom. The van der Waals surface area contributed by atoms with Gasteiger partial charge in [-0.25, -0.2) is 4.99 Å². The zero-order valence-electron chi connectivity index (χ0n) is 17.9. The number of halogens is 3. The first kappa shape index (κ1) is 22.4. The third-order valence-electron chi connectivity index (χ3n) is 5.17. The van der Waals surface area contributed by atoms with Crippen molar-refractivity contribution in [2.24, 2.45) is 9.98 Å². The number of carbonyl (C=O) groups is 1. The van der Waals surface area contributed by atoms with Gasteiger partial charge < -0.3 is 14.8 Å². The van der Waals surface area contributed by atoms with Crippen molar-refractivity contribution in [3.05, 3.63) is 95.6 Å². The van der Waals surface area contributed by atoms with Gasteiger partial charge in [-0.15, -0.1) is 13.2 Å². The molecule has 0 aromatic heterocycles. The van der Waals surface area contributed by atoms with Gasteiger partial charge in [0.1, 0.15) is 5.75 Å². The molecule has 2 aliphatic rings. The standard InChI is InChI=1S/C24H18F3N5O3/c25-24(26,27)35-16-12-10-15(11-13-16)22-31-32-23(34-22)30-20-21(33)28-18-9-5-4-8-17(18)19(29-20)14-6-2-1-3-7-14/h1-13,20,22,31H,(H,28,33)(H,30,32). The van der Waals surface area contributed by atoms with Gasteiger partial charge >= 0.3 is 12.4 Å². The molecule has 0 aliphatic carbocycles. The Hall–Kier alpha value is -4.38. The summed E-state index contributed by atoms with van der Waals surface area (Å²) in [6, 6.07) is 22.0. The third-order valence-corrected chi connectivity index (χ3v) is 5.17. The number of aliphatic imine (C=N–C) groups is 2. The molecular weight excluding hydrogens is 463 g/mol. The summed E-state index contributed by atoms with van der Waals surface area (Å²) in [7, 11) is 0. The van der Waals surface area contributed by atoms with E-state index >= 15 is 0 Å². The smallest absolute Gasteiger partial charge is 0.439 e. The molecule has 11 heteroatoms. The number of amidine groups is 1. The van der Waals surface area contributed by atoms with Gasteiger partial charge in [0.15, 0.2) is 6.23 Å². The summed E-state index contributed by atoms with van der Waals surface area (Å²) < 4.78 is 46.7. The average Bonchev–Trinajstić information content (AvgIpc) is 3.25. The van der Waals surface area contributed by atoms with Crippen LogP contribution in [-0.2, 0) is 9.53 Å². The predicted octanol–water partition coefficient (Wildman–Crippen LogP) is 3.88. The molecule has 2 heterocycles. The topological polar surface area (TPSA) is 96.3 Å². The number of alkyl halides is 3. The minimum Gasteiger partial charge on any atom is -0.439 e. The van der Waals surface area contributed by atoms with E-state index < -0.39 is 24.7 Å². The van der Waals surface area contributed by atoms with Crippen LogP contribution in [-0.4, -0.2) is 30.2 Å². The molecule has 8 nitrogen and oxygen atoms in total. The number of rotatable bonds is 4. The van der Waals surface area contributed by atoms with Crippen molar-refractivity contribution >= 4 is 23.3 Å². The normalized spacial score (nSPS) is 20.7. The summed E-state index contributed by atoms with van der Waals surface area (Å²) in [6.07, 6.45) is -6.68. The Morgan fingerprint density at radius 2 is 1.66 bits per heavy atom. The summed E-state index contributed by atoms with van der Waals surface area (Å²) in [4.78, 5) is 21.9. The maximum absolute atomic E-state index is 12.9. The number of benzodiazepines with no additional fused rings is 1. The minimum absolute atomic E-state index is 0.00730. The van der Waals surface area contributed by atoms with Gasteiger partial charge in [-0.1, -0.05) is 60.7 Å². The van der Waals surface area contributed by atoms with Crippen LogP contribution >= 0.6 is 0 Å². The minimum atomic E-state index is -4.77. The van der Waals surface area contributed by atoms with Crippen LogP contribution in [0.25, 0.3) is 0 Å². The van der Waals surface area contributed by atoms with Crippen LogP contribution in [0, 0.1) is 0 Å². The van der Waals surface area contributed by atoms with E-state index in [1.54, 1.807) is 6.07 Å². The van der Waals surface area contributed by atoms with Crippen molar-refractivity contribution < 1.29 is 27.4 Å². The van der Waals surface area contributed by atoms with Crippen LogP contribution in [0.4, 0.5) is 18.9 Å². The summed E-state index contributed by atoms with van der Waals surface area (Å²) in [5, 5.41) is 2.84. The van der Waals surface area contributed by atoms with E-state index in [1.807, 2.05) is 48.5 Å². The third kappa shape index (κ3) is 5.09. The highest BCUT2D eigenvalue weighted by Crippen LogP contribution is 2.27. The second kappa shape index (κ2) is 9.11. The zero-order valence-corrected chi connectivity index (χ0v) is 17.9. The first-order valence-electron chi connectivity index (χ1n) is 10.5. The van der Waals surface area contributed by atoms with Crippen LogP contribution in [0.2, 0.25) is 0 Å². The van der Waals surface area contributed by atoms with Gasteiger partial charge in [-0.2, -0.15) is 10.4 Å². The van der Waals surface area contributed by atoms with Crippen molar-refractivity contribution in [3.8, 4) is 5.75 Å². The number of carbonyl (C=O) groups excluding carboxylic acids is 1. The van der Waals surface area contributed by atoms with Gasteiger partial charge in [0.2, 0.25) is 6.17 Å². The van der Waals surface area contributed by atoms with Gasteiger partial charge in [0.05, 0.1) is 11.4 Å². The summed E-state index contributed by atoms with van der Waals surface area (Å²) in [5.41, 5.74) is 8.86. The number of nitrogens with one attached hydrogen (secondary N) is 3. The molecule has 3 aromatic carbocycles. The van der Waals surface area contributed by atoms with E-state index in [9.17, 15) is 18.0 Å². The molecule has 0 bridgehead atoms. The Kier molecular flexibility index (Phi) is 5.83. The van der Waals surface area contributed by atoms with Gasteiger partial charge in [0, 0.05) is 16.7 Å². The van der Waals surface area contributed by atoms with Crippen LogP contribution in [0.3, 0.4) is 0 Å². The van der Waals surface area contributed by atoms with Crippen molar-refractivity contribution in [1.29, 1.82) is 0 Å². The number of hydrogen-bond acceptors (Lipinski definition) is 6. The highest BCUT2D eigenvalue weighted by Gasteiger charge is 2.32. The summed E-state index contributed by atoms with van der Waals surface area (Å²) in [5.74, 6) is -0.794. The predicted molar refractivity (Wildman–Crippen MR) is 122 cm³/mol. The molecule has 0 radical (unpaired) electrons. The van der Waals surface area contributed by atoms with E-state index in [1.165, 1.54) is 24.3 Å². The number of nitrogens with zero attached hydrogens (tertiary/aromatic N) is 2. The number of benzene rings is 3. The molecule has 2 atom stereocenters. The maximum Gasteiger partial charge on any atom is 0.573 e. The van der Waals surface area contributed by atoms with Crippen molar-refractivity contribution in [3.63, 3.8) is 0 Å². The summed E-state index contributed by atoms with van der Waals surface area (Å²) >= 11 is 0. The Balaban J connectivity index is 1.39. The number of para-hydroxylation sites is 1. The molecule has 35 heavy (non-hydrogen) atoms. The number of hydrazine groups is 1. The lowest BCUT2D eigenvalue weighted by Crippen LogP contribution is -2.31. The van der Waals surface area contributed by atoms with Gasteiger partial charge in [-0.05, 0) is 18.2 Å². The monoisotopic (exact) mass is 481 g/mol. The van der Waals surface area contributed by atoms with Crippen LogP contribution in [0.5, 0.6) is 5.75 Å². The first-order valence-corrected chi connectivity index (χ1v) is 10.5.